The van der Waals surface area contributed by atoms with E-state index in [0.29, 0.717) is 12.2 Å². The van der Waals surface area contributed by atoms with E-state index in [1.807, 2.05) is 13.8 Å². The largest absolute Gasteiger partial charge is 0.494 e. The Morgan fingerprint density at radius 2 is 1.89 bits per heavy atom. The second-order valence-electron chi connectivity index (χ2n) is 4.45. The van der Waals surface area contributed by atoms with Gasteiger partial charge in [-0.05, 0) is 43.6 Å². The fourth-order valence-corrected chi connectivity index (χ4v) is 1.97. The summed E-state index contributed by atoms with van der Waals surface area (Å²) >= 11 is 0. The lowest BCUT2D eigenvalue weighted by Gasteiger charge is -2.31. The average molecular weight is 275 g/mol. The van der Waals surface area contributed by atoms with Gasteiger partial charge in [-0.15, -0.1) is 4.52 Å². The van der Waals surface area contributed by atoms with Gasteiger partial charge < -0.3 is 4.74 Å². The second kappa shape index (κ2) is 9.23. The standard InChI is InChI=1S/C13H24O4P/c1-5-13(6-2,17-12(14)11(3)4)9-7-8-10-16-18-15/h18H,3,5-10H2,1-2,4H3/q+1. The lowest BCUT2D eigenvalue weighted by molar-refractivity contribution is -0.156. The normalized spacial score (nSPS) is 11.5. The molecular formula is C13H24O4P+. The number of ether oxygens (including phenoxy) is 1. The summed E-state index contributed by atoms with van der Waals surface area (Å²) in [5.74, 6) is -0.323. The fourth-order valence-electron chi connectivity index (χ4n) is 1.75. The van der Waals surface area contributed by atoms with Crippen LogP contribution in [0, 0.1) is 0 Å². The van der Waals surface area contributed by atoms with Gasteiger partial charge in [0, 0.05) is 5.57 Å². The molecule has 0 rings (SSSR count). The van der Waals surface area contributed by atoms with Crippen LogP contribution in [0.15, 0.2) is 12.2 Å². The second-order valence-corrected chi connectivity index (χ2v) is 4.90. The number of carbonyl (C=O) groups excluding carboxylic acids is 1. The van der Waals surface area contributed by atoms with Gasteiger partial charge in [0.05, 0.1) is 0 Å². The molecule has 0 spiro atoms. The zero-order valence-corrected chi connectivity index (χ0v) is 12.6. The predicted molar refractivity (Wildman–Crippen MR) is 73.0 cm³/mol. The van der Waals surface area contributed by atoms with Gasteiger partial charge in [-0.2, -0.15) is 0 Å². The van der Waals surface area contributed by atoms with E-state index in [9.17, 15) is 9.36 Å². The first-order valence-corrected chi connectivity index (χ1v) is 7.20. The van der Waals surface area contributed by atoms with Crippen molar-refractivity contribution < 1.29 is 18.6 Å². The molecule has 1 unspecified atom stereocenters. The molecular weight excluding hydrogens is 251 g/mol. The minimum atomic E-state index is -0.698. The molecule has 5 heteroatoms. The van der Waals surface area contributed by atoms with Crippen molar-refractivity contribution in [2.24, 2.45) is 0 Å². The molecule has 0 saturated carbocycles. The van der Waals surface area contributed by atoms with Crippen molar-refractivity contribution in [2.75, 3.05) is 6.61 Å². The third-order valence-electron chi connectivity index (χ3n) is 3.13. The summed E-state index contributed by atoms with van der Waals surface area (Å²) < 4.78 is 20.5. The summed E-state index contributed by atoms with van der Waals surface area (Å²) in [4.78, 5) is 11.6. The highest BCUT2D eigenvalue weighted by Crippen LogP contribution is 2.28. The highest BCUT2D eigenvalue weighted by Gasteiger charge is 2.30. The summed E-state index contributed by atoms with van der Waals surface area (Å²) in [6.07, 6.45) is 4.07. The Labute approximate surface area is 111 Å². The minimum Gasteiger partial charge on any atom is -0.456 e. The first-order chi connectivity index (χ1) is 8.51. The number of carbonyl (C=O) groups is 1. The molecule has 0 radical (unpaired) electrons. The molecule has 0 aromatic heterocycles. The van der Waals surface area contributed by atoms with Crippen molar-refractivity contribution >= 4 is 14.7 Å². The SMILES string of the molecule is C=C(C)C(=O)OC(CC)(CC)CCCCO[PH+]=O. The quantitative estimate of drug-likeness (QED) is 0.263. The van der Waals surface area contributed by atoms with E-state index >= 15 is 0 Å². The van der Waals surface area contributed by atoms with Crippen LogP contribution < -0.4 is 0 Å². The van der Waals surface area contributed by atoms with E-state index in [1.165, 1.54) is 0 Å². The summed E-state index contributed by atoms with van der Waals surface area (Å²) in [6.45, 7) is 9.78. The lowest BCUT2D eigenvalue weighted by Crippen LogP contribution is -2.34. The molecule has 0 N–H and O–H groups in total. The Morgan fingerprint density at radius 3 is 2.33 bits per heavy atom. The van der Waals surface area contributed by atoms with Gasteiger partial charge in [0.1, 0.15) is 12.2 Å². The Bertz CT molecular complexity index is 285. The molecule has 0 aliphatic carbocycles. The van der Waals surface area contributed by atoms with Gasteiger partial charge in [-0.1, -0.05) is 20.4 Å². The molecule has 104 valence electrons. The molecule has 4 nitrogen and oxygen atoms in total. The van der Waals surface area contributed by atoms with Crippen LogP contribution in [0.1, 0.15) is 52.9 Å². The van der Waals surface area contributed by atoms with E-state index in [-0.39, 0.29) is 5.97 Å². The maximum absolute atomic E-state index is 11.6. The predicted octanol–water partition coefficient (Wildman–Crippen LogP) is 3.79. The Morgan fingerprint density at radius 1 is 1.28 bits per heavy atom. The van der Waals surface area contributed by atoms with E-state index in [0.717, 1.165) is 32.1 Å². The van der Waals surface area contributed by atoms with Crippen LogP contribution in [-0.2, 0) is 18.6 Å². The van der Waals surface area contributed by atoms with Gasteiger partial charge in [-0.25, -0.2) is 4.79 Å². The summed E-state index contributed by atoms with van der Waals surface area (Å²) in [5, 5.41) is 0. The van der Waals surface area contributed by atoms with Crippen LogP contribution in [0.2, 0.25) is 0 Å². The lowest BCUT2D eigenvalue weighted by atomic mass is 9.90. The highest BCUT2D eigenvalue weighted by atomic mass is 31.1. The topological polar surface area (TPSA) is 52.6 Å². The maximum Gasteiger partial charge on any atom is 0.494 e. The van der Waals surface area contributed by atoms with E-state index in [1.54, 1.807) is 6.92 Å². The summed E-state index contributed by atoms with van der Waals surface area (Å²) in [7, 11) is -0.698. The third kappa shape index (κ3) is 6.27. The smallest absolute Gasteiger partial charge is 0.456 e. The van der Waals surface area contributed by atoms with Crippen LogP contribution in [0.4, 0.5) is 0 Å². The first-order valence-electron chi connectivity index (χ1n) is 6.39. The molecule has 0 bridgehead atoms. The van der Waals surface area contributed by atoms with E-state index in [4.69, 9.17) is 9.26 Å². The molecule has 0 aliphatic rings. The van der Waals surface area contributed by atoms with Gasteiger partial charge in [0.25, 0.3) is 0 Å². The fraction of sp³-hybridized carbons (Fsp3) is 0.769. The number of rotatable bonds is 10. The van der Waals surface area contributed by atoms with Gasteiger partial charge in [0.2, 0.25) is 0 Å². The van der Waals surface area contributed by atoms with Crippen molar-refractivity contribution in [1.82, 2.24) is 0 Å². The van der Waals surface area contributed by atoms with Crippen molar-refractivity contribution in [3.05, 3.63) is 12.2 Å². The maximum atomic E-state index is 11.6. The van der Waals surface area contributed by atoms with Crippen LogP contribution in [0.3, 0.4) is 0 Å². The van der Waals surface area contributed by atoms with Crippen LogP contribution in [0.5, 0.6) is 0 Å². The highest BCUT2D eigenvalue weighted by molar-refractivity contribution is 7.17. The van der Waals surface area contributed by atoms with Crippen molar-refractivity contribution in [3.63, 3.8) is 0 Å². The van der Waals surface area contributed by atoms with E-state index < -0.39 is 14.3 Å². The van der Waals surface area contributed by atoms with Gasteiger partial charge in [-0.3, -0.25) is 0 Å². The molecule has 0 aromatic rings. The Hall–Kier alpha value is -0.730. The Kier molecular flexibility index (Phi) is 8.86. The monoisotopic (exact) mass is 275 g/mol. The van der Waals surface area contributed by atoms with Gasteiger partial charge >= 0.3 is 14.7 Å². The Balaban J connectivity index is 4.29. The molecule has 18 heavy (non-hydrogen) atoms. The van der Waals surface area contributed by atoms with Crippen LogP contribution >= 0.6 is 8.69 Å². The molecule has 0 aromatic carbocycles. The number of esters is 1. The molecule has 0 amide bonds. The molecule has 0 aliphatic heterocycles. The van der Waals surface area contributed by atoms with E-state index in [2.05, 4.69) is 6.58 Å². The molecule has 1 atom stereocenters. The third-order valence-corrected chi connectivity index (χ3v) is 3.46. The van der Waals surface area contributed by atoms with Crippen molar-refractivity contribution in [1.29, 1.82) is 0 Å². The van der Waals surface area contributed by atoms with Crippen LogP contribution in [0.25, 0.3) is 0 Å². The van der Waals surface area contributed by atoms with Crippen LogP contribution in [-0.4, -0.2) is 18.2 Å². The molecule has 0 heterocycles. The average Bonchev–Trinajstić information content (AvgIpc) is 2.36. The summed E-state index contributed by atoms with van der Waals surface area (Å²) in [5.41, 5.74) is 0.0210. The van der Waals surface area contributed by atoms with Gasteiger partial charge in [0.15, 0.2) is 0 Å². The summed E-state index contributed by atoms with van der Waals surface area (Å²) in [6, 6.07) is 0. The molecule has 0 saturated heterocycles. The number of hydrogen-bond donors (Lipinski definition) is 0. The molecule has 0 fully saturated rings. The van der Waals surface area contributed by atoms with Crippen molar-refractivity contribution in [3.8, 4) is 0 Å². The minimum absolute atomic E-state index is 0.323. The number of hydrogen-bond acceptors (Lipinski definition) is 4. The first kappa shape index (κ1) is 17.3. The van der Waals surface area contributed by atoms with Crippen molar-refractivity contribution in [2.45, 2.75) is 58.5 Å². The zero-order chi connectivity index (χ0) is 14.0. The zero-order valence-electron chi connectivity index (χ0n) is 11.6. The number of unbranched alkanes of at least 4 members (excludes halogenated alkanes) is 1.